The monoisotopic (exact) mass is 511 g/mol. The second kappa shape index (κ2) is 15.7. The van der Waals surface area contributed by atoms with Crippen LogP contribution in [0, 0.1) is 0 Å². The van der Waals surface area contributed by atoms with Gasteiger partial charge in [0.05, 0.1) is 0 Å². The zero-order valence-corrected chi connectivity index (χ0v) is 20.5. The molecule has 0 heterocycles. The Balaban J connectivity index is 1.44. The van der Waals surface area contributed by atoms with E-state index in [9.17, 15) is 4.79 Å². The third-order valence-electron chi connectivity index (χ3n) is 4.75. The first-order chi connectivity index (χ1) is 16.3. The minimum atomic E-state index is -0.635. The summed E-state index contributed by atoms with van der Waals surface area (Å²) >= 11 is 11.7. The number of halogens is 2. The topological polar surface area (TPSA) is 167 Å². The van der Waals surface area contributed by atoms with Crippen molar-refractivity contribution in [2.45, 2.75) is 44.6 Å². The Labute approximate surface area is 210 Å². The molecule has 12 heteroatoms. The number of hydrogen-bond acceptors (Lipinski definition) is 8. The van der Waals surface area contributed by atoms with Crippen molar-refractivity contribution in [1.29, 1.82) is 0 Å². The van der Waals surface area contributed by atoms with Crippen molar-refractivity contribution in [3.63, 3.8) is 0 Å². The first kappa shape index (κ1) is 28.1. The molecule has 188 valence electrons. The summed E-state index contributed by atoms with van der Waals surface area (Å²) in [6.45, 7) is 1.46. The number of nitrogens with one attached hydrogen (secondary N) is 6. The van der Waals surface area contributed by atoms with Crippen LogP contribution in [-0.4, -0.2) is 38.0 Å². The second-order valence-electron chi connectivity index (χ2n) is 7.68. The highest BCUT2D eigenvalue weighted by atomic mass is 35.5. The van der Waals surface area contributed by atoms with Crippen molar-refractivity contribution < 1.29 is 4.79 Å². The number of carbonyl (C=O) groups excluding carboxylic acids is 1. The first-order valence-electron chi connectivity index (χ1n) is 11.2. The minimum Gasteiger partial charge on any atom is -0.358 e. The van der Waals surface area contributed by atoms with Gasteiger partial charge in [-0.3, -0.25) is 27.4 Å². The van der Waals surface area contributed by atoms with E-state index in [4.69, 9.17) is 40.4 Å². The summed E-state index contributed by atoms with van der Waals surface area (Å²) in [6.07, 6.45) is 2.41. The van der Waals surface area contributed by atoms with Crippen LogP contribution in [0.3, 0.4) is 0 Å². The van der Waals surface area contributed by atoms with E-state index in [1.54, 1.807) is 36.4 Å². The highest BCUT2D eigenvalue weighted by molar-refractivity contribution is 6.30. The van der Waals surface area contributed by atoms with E-state index in [-0.39, 0.29) is 6.03 Å². The van der Waals surface area contributed by atoms with Crippen LogP contribution in [-0.2, 0) is 0 Å². The maximum Gasteiger partial charge on any atom is 0.321 e. The standard InChI is InChI=1S/C22H35Cl2N9O/c23-15-5-9-17(10-6-15)30-21(27)32-19(25)28-13-3-1-2-4-14-29-20(26)33-22(34)31-18-11-7-16(24)8-12-18/h5-12,19-21,28-30,32H,1-4,13-14,25-27H2,(H2,31,33,34). The first-order valence-corrected chi connectivity index (χ1v) is 11.9. The number of carbonyl (C=O) groups is 1. The molecule has 2 amide bonds. The smallest absolute Gasteiger partial charge is 0.321 e. The molecule has 0 saturated carbocycles. The van der Waals surface area contributed by atoms with Crippen LogP contribution in [0.4, 0.5) is 16.2 Å². The Morgan fingerprint density at radius 1 is 0.706 bits per heavy atom. The van der Waals surface area contributed by atoms with E-state index in [0.29, 0.717) is 22.3 Å². The Morgan fingerprint density at radius 2 is 1.21 bits per heavy atom. The van der Waals surface area contributed by atoms with Crippen LogP contribution in [0.1, 0.15) is 25.7 Å². The molecule has 12 N–H and O–H groups in total. The van der Waals surface area contributed by atoms with Gasteiger partial charge in [0, 0.05) is 21.4 Å². The fourth-order valence-electron chi connectivity index (χ4n) is 3.03. The van der Waals surface area contributed by atoms with Gasteiger partial charge in [-0.05, 0) is 74.5 Å². The summed E-state index contributed by atoms with van der Waals surface area (Å²) < 4.78 is 0. The molecular weight excluding hydrogens is 477 g/mol. The van der Waals surface area contributed by atoms with Gasteiger partial charge in [0.25, 0.3) is 0 Å². The third kappa shape index (κ3) is 12.4. The zero-order chi connectivity index (χ0) is 24.8. The number of unbranched alkanes of at least 4 members (excludes halogenated alkanes) is 3. The van der Waals surface area contributed by atoms with Gasteiger partial charge in [-0.25, -0.2) is 4.79 Å². The van der Waals surface area contributed by atoms with Gasteiger partial charge in [0.2, 0.25) is 0 Å². The van der Waals surface area contributed by atoms with Gasteiger partial charge in [0.15, 0.2) is 0 Å². The Kier molecular flexibility index (Phi) is 13.0. The van der Waals surface area contributed by atoms with E-state index in [0.717, 1.165) is 37.9 Å². The molecule has 2 aromatic carbocycles. The van der Waals surface area contributed by atoms with Crippen molar-refractivity contribution in [2.24, 2.45) is 17.2 Å². The number of anilines is 2. The number of nitrogens with two attached hydrogens (primary N) is 3. The lowest BCUT2D eigenvalue weighted by Gasteiger charge is -2.22. The van der Waals surface area contributed by atoms with Crippen LogP contribution >= 0.6 is 23.2 Å². The molecule has 0 bridgehead atoms. The molecule has 2 rings (SSSR count). The van der Waals surface area contributed by atoms with E-state index in [2.05, 4.69) is 31.9 Å². The SMILES string of the molecule is NC(NCCCCCCNC(N)NC(N)Nc1ccc(Cl)cc1)NC(=O)Nc1ccc(Cl)cc1. The van der Waals surface area contributed by atoms with Gasteiger partial charge in [-0.15, -0.1) is 0 Å². The lowest BCUT2D eigenvalue weighted by Crippen LogP contribution is -2.58. The molecule has 3 atom stereocenters. The molecule has 10 nitrogen and oxygen atoms in total. The van der Waals surface area contributed by atoms with Crippen LogP contribution < -0.4 is 49.1 Å². The predicted molar refractivity (Wildman–Crippen MR) is 140 cm³/mol. The summed E-state index contributed by atoms with van der Waals surface area (Å²) in [5, 5.41) is 19.0. The van der Waals surface area contributed by atoms with Crippen molar-refractivity contribution in [3.05, 3.63) is 58.6 Å². The molecule has 0 aliphatic heterocycles. The van der Waals surface area contributed by atoms with Crippen molar-refractivity contribution in [3.8, 4) is 0 Å². The molecule has 0 spiro atoms. The lowest BCUT2D eigenvalue weighted by atomic mass is 10.2. The van der Waals surface area contributed by atoms with Crippen molar-refractivity contribution in [1.82, 2.24) is 21.3 Å². The van der Waals surface area contributed by atoms with E-state index >= 15 is 0 Å². The normalized spacial score (nSPS) is 13.7. The zero-order valence-electron chi connectivity index (χ0n) is 19.0. The molecule has 0 aliphatic rings. The van der Waals surface area contributed by atoms with E-state index in [1.807, 2.05) is 12.1 Å². The Bertz CT molecular complexity index is 839. The average Bonchev–Trinajstić information content (AvgIpc) is 2.78. The molecular formula is C22H35Cl2N9O. The third-order valence-corrected chi connectivity index (χ3v) is 5.25. The summed E-state index contributed by atoms with van der Waals surface area (Å²) in [7, 11) is 0. The molecule has 0 radical (unpaired) electrons. The molecule has 3 unspecified atom stereocenters. The van der Waals surface area contributed by atoms with E-state index in [1.165, 1.54) is 0 Å². The van der Waals surface area contributed by atoms with Crippen molar-refractivity contribution >= 4 is 40.6 Å². The van der Waals surface area contributed by atoms with E-state index < -0.39 is 18.9 Å². The number of urea groups is 1. The molecule has 0 aromatic heterocycles. The Hall–Kier alpha value is -2.15. The largest absolute Gasteiger partial charge is 0.358 e. The molecule has 0 fully saturated rings. The maximum atomic E-state index is 11.9. The highest BCUT2D eigenvalue weighted by Crippen LogP contribution is 2.14. The quantitative estimate of drug-likeness (QED) is 0.129. The summed E-state index contributed by atoms with van der Waals surface area (Å²) in [5.41, 5.74) is 19.4. The van der Waals surface area contributed by atoms with Crippen LogP contribution in [0.25, 0.3) is 0 Å². The molecule has 0 aliphatic carbocycles. The van der Waals surface area contributed by atoms with Gasteiger partial charge < -0.3 is 21.7 Å². The van der Waals surface area contributed by atoms with Gasteiger partial charge in [0.1, 0.15) is 18.9 Å². The number of benzene rings is 2. The highest BCUT2D eigenvalue weighted by Gasteiger charge is 2.08. The molecule has 34 heavy (non-hydrogen) atoms. The average molecular weight is 512 g/mol. The fraction of sp³-hybridized carbons (Fsp3) is 0.409. The minimum absolute atomic E-state index is 0.388. The predicted octanol–water partition coefficient (Wildman–Crippen LogP) is 2.28. The van der Waals surface area contributed by atoms with Crippen molar-refractivity contribution in [2.75, 3.05) is 23.7 Å². The van der Waals surface area contributed by atoms with Gasteiger partial charge in [-0.2, -0.15) is 0 Å². The summed E-state index contributed by atoms with van der Waals surface area (Å²) in [5.74, 6) is 0. The molecule has 0 saturated heterocycles. The Morgan fingerprint density at radius 3 is 1.76 bits per heavy atom. The van der Waals surface area contributed by atoms with Gasteiger partial charge >= 0.3 is 6.03 Å². The number of rotatable bonds is 15. The molecule has 2 aromatic rings. The number of amides is 2. The van der Waals surface area contributed by atoms with Crippen LogP contribution in [0.5, 0.6) is 0 Å². The summed E-state index contributed by atoms with van der Waals surface area (Å²) in [4.78, 5) is 11.9. The second-order valence-corrected chi connectivity index (χ2v) is 8.55. The lowest BCUT2D eigenvalue weighted by molar-refractivity contribution is 0.246. The van der Waals surface area contributed by atoms with Crippen LogP contribution in [0.2, 0.25) is 10.0 Å². The summed E-state index contributed by atoms with van der Waals surface area (Å²) in [6, 6.07) is 13.7. The van der Waals surface area contributed by atoms with Gasteiger partial charge in [-0.1, -0.05) is 36.0 Å². The maximum absolute atomic E-state index is 11.9. The fourth-order valence-corrected chi connectivity index (χ4v) is 3.28. The number of hydrogen-bond donors (Lipinski definition) is 9. The van der Waals surface area contributed by atoms with Crippen LogP contribution in [0.15, 0.2) is 48.5 Å².